The van der Waals surface area contributed by atoms with Crippen molar-refractivity contribution in [2.75, 3.05) is 13.1 Å². The second-order valence-corrected chi connectivity index (χ2v) is 5.92. The van der Waals surface area contributed by atoms with Gasteiger partial charge in [-0.15, -0.1) is 0 Å². The summed E-state index contributed by atoms with van der Waals surface area (Å²) in [5, 5.41) is 3.79. The Morgan fingerprint density at radius 3 is 3.05 bits per heavy atom. The first-order chi connectivity index (χ1) is 10.7. The lowest BCUT2D eigenvalue weighted by atomic mass is 10.0. The Balaban J connectivity index is 1.35. The van der Waals surface area contributed by atoms with Crippen molar-refractivity contribution in [1.29, 1.82) is 0 Å². The third kappa shape index (κ3) is 2.41. The van der Waals surface area contributed by atoms with Crippen LogP contribution >= 0.6 is 0 Å². The zero-order valence-electron chi connectivity index (χ0n) is 12.3. The van der Waals surface area contributed by atoms with E-state index in [1.54, 1.807) is 24.0 Å². The average Bonchev–Trinajstić information content (AvgIpc) is 3.21. The molecule has 0 N–H and O–H groups in total. The monoisotopic (exact) mass is 303 g/mol. The van der Waals surface area contributed by atoms with Crippen molar-refractivity contribution in [3.05, 3.63) is 35.9 Å². The number of hydrogen-bond acceptors (Lipinski definition) is 6. The summed E-state index contributed by atoms with van der Waals surface area (Å²) in [6, 6.07) is 3.42. The van der Waals surface area contributed by atoms with E-state index in [-0.39, 0.29) is 18.1 Å². The predicted octanol–water partition coefficient (Wildman–Crippen LogP) is 1.44. The van der Waals surface area contributed by atoms with E-state index in [9.17, 15) is 4.79 Å². The van der Waals surface area contributed by atoms with E-state index in [0.29, 0.717) is 42.9 Å². The molecule has 2 aromatic rings. The van der Waals surface area contributed by atoms with Crippen LogP contribution in [0.5, 0.6) is 0 Å². The van der Waals surface area contributed by atoms with Gasteiger partial charge in [0.15, 0.2) is 11.6 Å². The molecule has 116 valence electrons. The van der Waals surface area contributed by atoms with Gasteiger partial charge in [-0.05, 0) is 25.5 Å². The molecule has 1 amide bonds. The maximum absolute atomic E-state index is 12.3. The molecule has 2 aliphatic heterocycles. The maximum atomic E-state index is 12.3. The van der Waals surface area contributed by atoms with Gasteiger partial charge < -0.3 is 18.6 Å². The van der Waals surface area contributed by atoms with Crippen molar-refractivity contribution in [2.24, 2.45) is 5.92 Å². The van der Waals surface area contributed by atoms with Gasteiger partial charge in [-0.2, -0.15) is 4.98 Å². The molecule has 0 aliphatic carbocycles. The largest absolute Gasteiger partial charge is 0.459 e. The predicted molar refractivity (Wildman–Crippen MR) is 74.1 cm³/mol. The van der Waals surface area contributed by atoms with Crippen molar-refractivity contribution in [1.82, 2.24) is 15.0 Å². The topological polar surface area (TPSA) is 81.6 Å². The Bertz CT molecular complexity index is 652. The summed E-state index contributed by atoms with van der Waals surface area (Å²) in [7, 11) is 0. The summed E-state index contributed by atoms with van der Waals surface area (Å²) < 4.78 is 16.4. The molecule has 0 radical (unpaired) electrons. The van der Waals surface area contributed by atoms with Crippen LogP contribution in [0.1, 0.15) is 28.7 Å². The van der Waals surface area contributed by atoms with Gasteiger partial charge in [0, 0.05) is 19.0 Å². The molecule has 4 heterocycles. The quantitative estimate of drug-likeness (QED) is 0.853. The molecule has 22 heavy (non-hydrogen) atoms. The van der Waals surface area contributed by atoms with Crippen LogP contribution in [0.3, 0.4) is 0 Å². The highest BCUT2D eigenvalue weighted by molar-refractivity contribution is 5.91. The van der Waals surface area contributed by atoms with Gasteiger partial charge >= 0.3 is 0 Å². The molecule has 7 heteroatoms. The molecule has 0 saturated carbocycles. The van der Waals surface area contributed by atoms with Crippen molar-refractivity contribution in [3.8, 4) is 0 Å². The number of hydrogen-bond donors (Lipinski definition) is 0. The Labute approximate surface area is 127 Å². The van der Waals surface area contributed by atoms with E-state index in [1.165, 1.54) is 6.26 Å². The Morgan fingerprint density at radius 2 is 2.36 bits per heavy atom. The van der Waals surface area contributed by atoms with Crippen LogP contribution in [0.2, 0.25) is 0 Å². The summed E-state index contributed by atoms with van der Waals surface area (Å²) in [4.78, 5) is 18.3. The number of ether oxygens (including phenoxy) is 1. The number of carbonyl (C=O) groups excluding carboxylic acids is 1. The number of fused-ring (bicyclic) bond motifs is 1. The third-order valence-electron chi connectivity index (χ3n) is 4.30. The first-order valence-corrected chi connectivity index (χ1v) is 7.46. The van der Waals surface area contributed by atoms with Crippen molar-refractivity contribution in [3.63, 3.8) is 0 Å². The number of likely N-dealkylation sites (tertiary alicyclic amines) is 1. The molecule has 0 spiro atoms. The highest BCUT2D eigenvalue weighted by Gasteiger charge is 2.44. The molecular formula is C15H17N3O4. The lowest BCUT2D eigenvalue weighted by Crippen LogP contribution is -2.31. The third-order valence-corrected chi connectivity index (χ3v) is 4.30. The first kappa shape index (κ1) is 13.5. The van der Waals surface area contributed by atoms with E-state index in [1.807, 2.05) is 0 Å². The number of furan rings is 1. The summed E-state index contributed by atoms with van der Waals surface area (Å²) >= 11 is 0. The number of nitrogens with zero attached hydrogens (tertiary/aromatic N) is 3. The van der Waals surface area contributed by atoms with Crippen LogP contribution in [-0.4, -0.2) is 46.2 Å². The molecular weight excluding hydrogens is 286 g/mol. The minimum Gasteiger partial charge on any atom is -0.459 e. The molecule has 0 unspecified atom stereocenters. The fourth-order valence-electron chi connectivity index (χ4n) is 3.33. The van der Waals surface area contributed by atoms with Crippen LogP contribution in [-0.2, 0) is 11.2 Å². The van der Waals surface area contributed by atoms with E-state index in [2.05, 4.69) is 10.1 Å². The Hall–Kier alpha value is -2.15. The van der Waals surface area contributed by atoms with Gasteiger partial charge in [0.2, 0.25) is 5.89 Å². The van der Waals surface area contributed by atoms with Crippen molar-refractivity contribution >= 4 is 5.91 Å². The molecule has 7 nitrogen and oxygen atoms in total. The second-order valence-electron chi connectivity index (χ2n) is 5.92. The van der Waals surface area contributed by atoms with Crippen LogP contribution in [0.4, 0.5) is 0 Å². The first-order valence-electron chi connectivity index (χ1n) is 7.46. The van der Waals surface area contributed by atoms with E-state index in [0.717, 1.165) is 6.42 Å². The normalized spacial score (nSPS) is 27.3. The standard InChI is InChI=1S/C15H17N3O4/c1-9-16-14(22-17-9)6-11-5-10-7-18(8-13(10)21-11)15(19)12-3-2-4-20-12/h2-4,10-11,13H,5-8H2,1H3/t10-,11-,13-/m1/s1. The lowest BCUT2D eigenvalue weighted by molar-refractivity contribution is 0.0324. The molecule has 3 atom stereocenters. The van der Waals surface area contributed by atoms with Crippen LogP contribution in [0, 0.1) is 12.8 Å². The molecule has 0 aromatic carbocycles. The Kier molecular flexibility index (Phi) is 3.22. The fourth-order valence-corrected chi connectivity index (χ4v) is 3.33. The SMILES string of the molecule is Cc1noc(C[C@H]2C[C@@H]3CN(C(=O)c4ccco4)C[C@H]3O2)n1. The van der Waals surface area contributed by atoms with Crippen LogP contribution in [0.15, 0.2) is 27.3 Å². The minimum atomic E-state index is -0.0629. The summed E-state index contributed by atoms with van der Waals surface area (Å²) in [5.41, 5.74) is 0. The van der Waals surface area contributed by atoms with Crippen LogP contribution < -0.4 is 0 Å². The fraction of sp³-hybridized carbons (Fsp3) is 0.533. The van der Waals surface area contributed by atoms with E-state index in [4.69, 9.17) is 13.7 Å². The zero-order chi connectivity index (χ0) is 15.1. The molecule has 2 fully saturated rings. The number of aromatic nitrogens is 2. The molecule has 4 rings (SSSR count). The molecule has 2 saturated heterocycles. The van der Waals surface area contributed by atoms with E-state index >= 15 is 0 Å². The van der Waals surface area contributed by atoms with E-state index < -0.39 is 0 Å². The van der Waals surface area contributed by atoms with Crippen molar-refractivity contribution in [2.45, 2.75) is 32.0 Å². The van der Waals surface area contributed by atoms with Gasteiger partial charge in [0.1, 0.15) is 0 Å². The number of rotatable bonds is 3. The lowest BCUT2D eigenvalue weighted by Gasteiger charge is -2.17. The Morgan fingerprint density at radius 1 is 1.45 bits per heavy atom. The van der Waals surface area contributed by atoms with Gasteiger partial charge in [-0.3, -0.25) is 4.79 Å². The minimum absolute atomic E-state index is 0.0629. The number of aryl methyl sites for hydroxylation is 1. The van der Waals surface area contributed by atoms with Crippen molar-refractivity contribution < 1.29 is 18.5 Å². The maximum Gasteiger partial charge on any atom is 0.289 e. The second kappa shape index (κ2) is 5.24. The average molecular weight is 303 g/mol. The zero-order valence-corrected chi connectivity index (χ0v) is 12.3. The van der Waals surface area contributed by atoms with Crippen LogP contribution in [0.25, 0.3) is 0 Å². The van der Waals surface area contributed by atoms with Gasteiger partial charge in [-0.25, -0.2) is 0 Å². The summed E-state index contributed by atoms with van der Waals surface area (Å²) in [6.07, 6.45) is 3.25. The smallest absolute Gasteiger partial charge is 0.289 e. The van der Waals surface area contributed by atoms with Gasteiger partial charge in [0.05, 0.1) is 24.9 Å². The summed E-state index contributed by atoms with van der Waals surface area (Å²) in [5.74, 6) is 1.95. The number of carbonyl (C=O) groups is 1. The molecule has 0 bridgehead atoms. The highest BCUT2D eigenvalue weighted by Crippen LogP contribution is 2.34. The van der Waals surface area contributed by atoms with Gasteiger partial charge in [0.25, 0.3) is 5.91 Å². The molecule has 2 aliphatic rings. The molecule has 2 aromatic heterocycles. The highest BCUT2D eigenvalue weighted by atomic mass is 16.5. The van der Waals surface area contributed by atoms with Gasteiger partial charge in [-0.1, -0.05) is 5.16 Å². The number of amides is 1. The summed E-state index contributed by atoms with van der Waals surface area (Å²) in [6.45, 7) is 3.13.